The third-order valence-corrected chi connectivity index (χ3v) is 3.56. The zero-order valence-corrected chi connectivity index (χ0v) is 9.43. The Kier molecular flexibility index (Phi) is 2.71. The first kappa shape index (κ1) is 10.5. The van der Waals surface area contributed by atoms with Crippen LogP contribution in [0.5, 0.6) is 0 Å². The molecular weight excluding hydrogens is 208 g/mol. The van der Waals surface area contributed by atoms with Gasteiger partial charge in [-0.05, 0) is 37.1 Å². The minimum atomic E-state index is -0.0482. The lowest BCUT2D eigenvalue weighted by Crippen LogP contribution is -2.15. The van der Waals surface area contributed by atoms with Crippen LogP contribution in [-0.4, -0.2) is 10.8 Å². The third kappa shape index (κ3) is 2.97. The van der Waals surface area contributed by atoms with Crippen molar-refractivity contribution in [2.24, 2.45) is 5.73 Å². The molecule has 2 rings (SSSR count). The number of amides is 1. The molecule has 0 aromatic heterocycles. The summed E-state index contributed by atoms with van der Waals surface area (Å²) in [5, 5.41) is 2.73. The molecule has 0 heterocycles. The van der Waals surface area contributed by atoms with Crippen LogP contribution in [0.15, 0.2) is 29.2 Å². The average Bonchev–Trinajstić information content (AvgIpc) is 2.86. The summed E-state index contributed by atoms with van der Waals surface area (Å²) in [6.07, 6.45) is 2.18. The van der Waals surface area contributed by atoms with Crippen molar-refractivity contribution in [3.63, 3.8) is 0 Å². The lowest BCUT2D eigenvalue weighted by Gasteiger charge is -2.08. The average molecular weight is 222 g/mol. The second-order valence-electron chi connectivity index (χ2n) is 3.87. The van der Waals surface area contributed by atoms with Crippen molar-refractivity contribution >= 4 is 23.4 Å². The van der Waals surface area contributed by atoms with E-state index in [-0.39, 0.29) is 10.8 Å². The van der Waals surface area contributed by atoms with Gasteiger partial charge in [0.05, 0.1) is 4.87 Å². The topological polar surface area (TPSA) is 55.1 Å². The molecule has 1 aromatic carbocycles. The molecule has 0 bridgehead atoms. The van der Waals surface area contributed by atoms with Crippen molar-refractivity contribution in [2.75, 3.05) is 5.32 Å². The lowest BCUT2D eigenvalue weighted by atomic mass is 10.3. The van der Waals surface area contributed by atoms with Crippen molar-refractivity contribution < 1.29 is 4.79 Å². The molecule has 0 unspecified atom stereocenters. The highest BCUT2D eigenvalue weighted by molar-refractivity contribution is 8.01. The van der Waals surface area contributed by atoms with Gasteiger partial charge in [0.25, 0.3) is 0 Å². The quantitative estimate of drug-likeness (QED) is 0.771. The van der Waals surface area contributed by atoms with Gasteiger partial charge in [0, 0.05) is 17.5 Å². The van der Waals surface area contributed by atoms with E-state index < -0.39 is 0 Å². The first-order valence-electron chi connectivity index (χ1n) is 4.93. The molecule has 0 atom stereocenters. The molecule has 3 N–H and O–H groups in total. The van der Waals surface area contributed by atoms with Crippen molar-refractivity contribution in [1.29, 1.82) is 0 Å². The number of rotatable bonds is 3. The Morgan fingerprint density at radius 1 is 1.40 bits per heavy atom. The highest BCUT2D eigenvalue weighted by Crippen LogP contribution is 2.46. The van der Waals surface area contributed by atoms with Crippen LogP contribution >= 0.6 is 11.8 Å². The lowest BCUT2D eigenvalue weighted by molar-refractivity contribution is -0.114. The van der Waals surface area contributed by atoms with Gasteiger partial charge < -0.3 is 11.1 Å². The molecule has 1 aliphatic carbocycles. The van der Waals surface area contributed by atoms with Crippen LogP contribution in [0.25, 0.3) is 0 Å². The minimum absolute atomic E-state index is 0.0322. The molecule has 0 radical (unpaired) electrons. The maximum absolute atomic E-state index is 10.8. The number of nitrogens with two attached hydrogens (primary N) is 1. The van der Waals surface area contributed by atoms with Crippen molar-refractivity contribution in [3.05, 3.63) is 24.3 Å². The normalized spacial score (nSPS) is 17.2. The number of nitrogens with one attached hydrogen (secondary N) is 1. The molecular formula is C11H14N2OS. The molecule has 0 saturated heterocycles. The fourth-order valence-electron chi connectivity index (χ4n) is 1.27. The van der Waals surface area contributed by atoms with Gasteiger partial charge in [-0.2, -0.15) is 0 Å². The first-order valence-corrected chi connectivity index (χ1v) is 5.75. The summed E-state index contributed by atoms with van der Waals surface area (Å²) in [7, 11) is 0. The highest BCUT2D eigenvalue weighted by atomic mass is 32.2. The van der Waals surface area contributed by atoms with E-state index in [4.69, 9.17) is 5.73 Å². The van der Waals surface area contributed by atoms with Crippen LogP contribution in [0.1, 0.15) is 19.8 Å². The van der Waals surface area contributed by atoms with E-state index >= 15 is 0 Å². The Morgan fingerprint density at radius 2 is 2.00 bits per heavy atom. The van der Waals surface area contributed by atoms with Gasteiger partial charge in [-0.1, -0.05) is 0 Å². The number of hydrogen-bond donors (Lipinski definition) is 2. The van der Waals surface area contributed by atoms with E-state index in [2.05, 4.69) is 5.32 Å². The summed E-state index contributed by atoms with van der Waals surface area (Å²) in [5.41, 5.74) is 6.82. The second kappa shape index (κ2) is 3.87. The van der Waals surface area contributed by atoms with E-state index in [9.17, 15) is 4.79 Å². The van der Waals surface area contributed by atoms with Gasteiger partial charge in [-0.3, -0.25) is 4.79 Å². The maximum Gasteiger partial charge on any atom is 0.221 e. The number of anilines is 1. The predicted molar refractivity (Wildman–Crippen MR) is 62.8 cm³/mol. The molecule has 1 amide bonds. The van der Waals surface area contributed by atoms with Crippen LogP contribution in [0.3, 0.4) is 0 Å². The van der Waals surface area contributed by atoms with Crippen LogP contribution in [-0.2, 0) is 4.79 Å². The van der Waals surface area contributed by atoms with E-state index in [1.54, 1.807) is 11.8 Å². The van der Waals surface area contributed by atoms with Crippen LogP contribution in [0.2, 0.25) is 0 Å². The Morgan fingerprint density at radius 3 is 2.47 bits per heavy atom. The molecule has 1 fully saturated rings. The summed E-state index contributed by atoms with van der Waals surface area (Å²) in [6, 6.07) is 7.77. The zero-order valence-electron chi connectivity index (χ0n) is 8.62. The second-order valence-corrected chi connectivity index (χ2v) is 5.36. The summed E-state index contributed by atoms with van der Waals surface area (Å²) < 4.78 is 0. The van der Waals surface area contributed by atoms with Crippen molar-refractivity contribution in [2.45, 2.75) is 29.5 Å². The zero-order chi connectivity index (χ0) is 10.9. The largest absolute Gasteiger partial charge is 0.326 e. The molecule has 1 aliphatic rings. The Bertz CT molecular complexity index is 371. The number of benzene rings is 1. The van der Waals surface area contributed by atoms with Crippen LogP contribution in [0.4, 0.5) is 5.69 Å². The van der Waals surface area contributed by atoms with E-state index in [0.29, 0.717) is 0 Å². The maximum atomic E-state index is 10.8. The van der Waals surface area contributed by atoms with Crippen LogP contribution < -0.4 is 11.1 Å². The molecule has 1 saturated carbocycles. The monoisotopic (exact) mass is 222 g/mol. The summed E-state index contributed by atoms with van der Waals surface area (Å²) in [4.78, 5) is 11.9. The standard InChI is InChI=1S/C11H14N2OS/c1-8(14)13-9-2-4-10(5-3-9)15-11(12)6-7-11/h2-5H,6-7,12H2,1H3,(H,13,14). The fourth-order valence-corrected chi connectivity index (χ4v) is 2.32. The number of thioether (sulfide) groups is 1. The molecule has 1 aromatic rings. The predicted octanol–water partition coefficient (Wildman–Crippen LogP) is 2.19. The van der Waals surface area contributed by atoms with Gasteiger partial charge >= 0.3 is 0 Å². The van der Waals surface area contributed by atoms with Gasteiger partial charge in [0.1, 0.15) is 0 Å². The Balaban J connectivity index is 2.00. The fraction of sp³-hybridized carbons (Fsp3) is 0.364. The van der Waals surface area contributed by atoms with Crippen molar-refractivity contribution in [3.8, 4) is 0 Å². The van der Waals surface area contributed by atoms with Gasteiger partial charge in [-0.15, -0.1) is 11.8 Å². The van der Waals surface area contributed by atoms with Gasteiger partial charge in [-0.25, -0.2) is 0 Å². The first-order chi connectivity index (χ1) is 7.07. The smallest absolute Gasteiger partial charge is 0.221 e. The van der Waals surface area contributed by atoms with Crippen LogP contribution in [0, 0.1) is 0 Å². The summed E-state index contributed by atoms with van der Waals surface area (Å²) in [6.45, 7) is 1.50. The van der Waals surface area contributed by atoms with Gasteiger partial charge in [0.15, 0.2) is 0 Å². The summed E-state index contributed by atoms with van der Waals surface area (Å²) >= 11 is 1.70. The molecule has 4 heteroatoms. The number of hydrogen-bond acceptors (Lipinski definition) is 3. The Hall–Kier alpha value is -1.00. The number of carbonyl (C=O) groups is 1. The van der Waals surface area contributed by atoms with Gasteiger partial charge in [0.2, 0.25) is 5.91 Å². The van der Waals surface area contributed by atoms with Crippen molar-refractivity contribution in [1.82, 2.24) is 0 Å². The summed E-state index contributed by atoms with van der Waals surface area (Å²) in [5.74, 6) is -0.0482. The molecule has 0 spiro atoms. The Labute approximate surface area is 93.4 Å². The SMILES string of the molecule is CC(=O)Nc1ccc(SC2(N)CC2)cc1. The number of carbonyl (C=O) groups excluding carboxylic acids is 1. The van der Waals surface area contributed by atoms with E-state index in [1.165, 1.54) is 6.92 Å². The van der Waals surface area contributed by atoms with E-state index in [1.807, 2.05) is 24.3 Å². The molecule has 80 valence electrons. The molecule has 15 heavy (non-hydrogen) atoms. The minimum Gasteiger partial charge on any atom is -0.326 e. The molecule has 0 aliphatic heterocycles. The van der Waals surface area contributed by atoms with E-state index in [0.717, 1.165) is 23.4 Å². The highest BCUT2D eigenvalue weighted by Gasteiger charge is 2.39. The third-order valence-electron chi connectivity index (χ3n) is 2.24. The molecule has 3 nitrogen and oxygen atoms in total.